The van der Waals surface area contributed by atoms with Gasteiger partial charge in [-0.1, -0.05) is 45.0 Å². The van der Waals surface area contributed by atoms with Gasteiger partial charge >= 0.3 is 0 Å². The fourth-order valence-electron chi connectivity index (χ4n) is 3.61. The molecule has 0 bridgehead atoms. The minimum absolute atomic E-state index is 0.0292. The summed E-state index contributed by atoms with van der Waals surface area (Å²) in [6.07, 6.45) is 0. The van der Waals surface area contributed by atoms with Gasteiger partial charge in [0.15, 0.2) is 0 Å². The van der Waals surface area contributed by atoms with Crippen molar-refractivity contribution in [2.24, 2.45) is 0 Å². The van der Waals surface area contributed by atoms with Crippen molar-refractivity contribution in [3.05, 3.63) is 82.2 Å². The number of hydrogen-bond acceptors (Lipinski definition) is 5. The molecule has 1 aliphatic heterocycles. The summed E-state index contributed by atoms with van der Waals surface area (Å²) in [5.41, 5.74) is 3.13. The molecule has 2 heterocycles. The van der Waals surface area contributed by atoms with Crippen molar-refractivity contribution < 1.29 is 14.3 Å². The maximum atomic E-state index is 13.5. The molecule has 0 atom stereocenters. The lowest BCUT2D eigenvalue weighted by Gasteiger charge is -2.19. The van der Waals surface area contributed by atoms with Crippen LogP contribution in [0, 0.1) is 0 Å². The van der Waals surface area contributed by atoms with Crippen molar-refractivity contribution in [3.8, 4) is 5.75 Å². The lowest BCUT2D eigenvalue weighted by Crippen LogP contribution is -2.32. The quantitative estimate of drug-likeness (QED) is 0.483. The first-order chi connectivity index (χ1) is 15.3. The van der Waals surface area contributed by atoms with Crippen molar-refractivity contribution in [2.75, 3.05) is 16.8 Å². The van der Waals surface area contributed by atoms with E-state index in [9.17, 15) is 9.59 Å². The molecule has 3 aromatic rings. The minimum Gasteiger partial charge on any atom is -0.494 e. The predicted octanol–water partition coefficient (Wildman–Crippen LogP) is 5.84. The highest BCUT2D eigenvalue weighted by Crippen LogP contribution is 2.36. The number of thiophene rings is 1. The third-order valence-electron chi connectivity index (χ3n) is 5.26. The average Bonchev–Trinajstić information content (AvgIpc) is 3.35. The number of carbonyl (C=O) groups excluding carboxylic acids is 2. The Morgan fingerprint density at radius 2 is 1.72 bits per heavy atom. The van der Waals surface area contributed by atoms with Gasteiger partial charge in [-0.05, 0) is 53.6 Å². The number of anilines is 2. The molecule has 0 fully saturated rings. The molecule has 32 heavy (non-hydrogen) atoms. The summed E-state index contributed by atoms with van der Waals surface area (Å²) in [5.74, 6) is -0.116. The lowest BCUT2D eigenvalue weighted by molar-refractivity contribution is -0.120. The molecule has 1 N–H and O–H groups in total. The van der Waals surface area contributed by atoms with E-state index in [0.717, 1.165) is 10.6 Å². The normalized spacial score (nSPS) is 14.3. The Bertz CT molecular complexity index is 1170. The summed E-state index contributed by atoms with van der Waals surface area (Å²) in [4.78, 5) is 28.9. The van der Waals surface area contributed by atoms with Gasteiger partial charge in [0.05, 0.1) is 17.9 Å². The zero-order valence-corrected chi connectivity index (χ0v) is 19.5. The van der Waals surface area contributed by atoms with Crippen LogP contribution in [0.25, 0.3) is 5.57 Å². The van der Waals surface area contributed by atoms with Gasteiger partial charge in [0.1, 0.15) is 11.4 Å². The molecule has 0 aliphatic carbocycles. The molecule has 5 nitrogen and oxygen atoms in total. The topological polar surface area (TPSA) is 58.6 Å². The summed E-state index contributed by atoms with van der Waals surface area (Å²) in [6.45, 7) is 8.85. The van der Waals surface area contributed by atoms with Crippen LogP contribution in [-0.4, -0.2) is 18.4 Å². The fourth-order valence-corrected chi connectivity index (χ4v) is 4.37. The average molecular weight is 447 g/mol. The van der Waals surface area contributed by atoms with E-state index in [1.807, 2.05) is 54.8 Å². The Hall–Kier alpha value is -3.38. The number of nitrogens with zero attached hydrogens (tertiary/aromatic N) is 1. The summed E-state index contributed by atoms with van der Waals surface area (Å²) in [7, 11) is 0. The van der Waals surface area contributed by atoms with Crippen LogP contribution in [0.2, 0.25) is 0 Å². The van der Waals surface area contributed by atoms with Gasteiger partial charge in [-0.15, -0.1) is 11.3 Å². The molecule has 1 aliphatic rings. The Kier molecular flexibility index (Phi) is 5.89. The standard InChI is InChI=1S/C26H26N2O3S/c1-5-31-20-9-6-8-19(16-20)28-24(29)22(21-10-7-15-32-21)23(25(28)30)27-18-13-11-17(12-14-18)26(2,3)4/h6-16,27H,5H2,1-4H3. The number of ether oxygens (including phenoxy) is 1. The Morgan fingerprint density at radius 1 is 0.969 bits per heavy atom. The van der Waals surface area contributed by atoms with Crippen molar-refractivity contribution in [3.63, 3.8) is 0 Å². The highest BCUT2D eigenvalue weighted by atomic mass is 32.1. The van der Waals surface area contributed by atoms with E-state index in [0.29, 0.717) is 23.6 Å². The van der Waals surface area contributed by atoms with Crippen LogP contribution in [-0.2, 0) is 15.0 Å². The molecule has 2 amide bonds. The van der Waals surface area contributed by atoms with Gasteiger partial charge in [0.2, 0.25) is 0 Å². The smallest absolute Gasteiger partial charge is 0.282 e. The van der Waals surface area contributed by atoms with Gasteiger partial charge < -0.3 is 10.1 Å². The molecule has 1 aromatic heterocycles. The van der Waals surface area contributed by atoms with Crippen molar-refractivity contribution >= 4 is 40.1 Å². The lowest BCUT2D eigenvalue weighted by atomic mass is 9.87. The molecule has 0 saturated carbocycles. The molecule has 4 rings (SSSR count). The second kappa shape index (κ2) is 8.63. The number of carbonyl (C=O) groups is 2. The third kappa shape index (κ3) is 4.18. The van der Waals surface area contributed by atoms with Crippen LogP contribution in [0.5, 0.6) is 5.75 Å². The molecule has 0 radical (unpaired) electrons. The molecule has 2 aromatic carbocycles. The van der Waals surface area contributed by atoms with Gasteiger partial charge in [-0.3, -0.25) is 9.59 Å². The van der Waals surface area contributed by atoms with Gasteiger partial charge in [-0.25, -0.2) is 4.90 Å². The van der Waals surface area contributed by atoms with Gasteiger partial charge in [0.25, 0.3) is 11.8 Å². The maximum absolute atomic E-state index is 13.5. The first-order valence-corrected chi connectivity index (χ1v) is 11.4. The minimum atomic E-state index is -0.382. The molecule has 0 saturated heterocycles. The second-order valence-corrected chi connectivity index (χ2v) is 9.50. The van der Waals surface area contributed by atoms with Gasteiger partial charge in [-0.2, -0.15) is 0 Å². The zero-order chi connectivity index (χ0) is 22.9. The number of nitrogens with one attached hydrogen (secondary N) is 1. The van der Waals surface area contributed by atoms with Crippen molar-refractivity contribution in [1.82, 2.24) is 0 Å². The number of hydrogen-bond donors (Lipinski definition) is 1. The van der Waals surface area contributed by atoms with E-state index < -0.39 is 0 Å². The molecular weight excluding hydrogens is 420 g/mol. The molecule has 6 heteroatoms. The summed E-state index contributed by atoms with van der Waals surface area (Å²) >= 11 is 1.43. The second-order valence-electron chi connectivity index (χ2n) is 8.56. The van der Waals surface area contributed by atoms with Crippen LogP contribution >= 0.6 is 11.3 Å². The highest BCUT2D eigenvalue weighted by molar-refractivity contribution is 7.11. The van der Waals surface area contributed by atoms with Crippen LogP contribution in [0.4, 0.5) is 11.4 Å². The molecular formula is C26H26N2O3S. The van der Waals surface area contributed by atoms with E-state index >= 15 is 0 Å². The fraction of sp³-hybridized carbons (Fsp3) is 0.231. The Labute approximate surface area is 192 Å². The van der Waals surface area contributed by atoms with E-state index in [4.69, 9.17) is 4.74 Å². The largest absolute Gasteiger partial charge is 0.494 e. The zero-order valence-electron chi connectivity index (χ0n) is 18.6. The highest BCUT2D eigenvalue weighted by Gasteiger charge is 2.40. The van der Waals surface area contributed by atoms with E-state index in [1.54, 1.807) is 18.2 Å². The van der Waals surface area contributed by atoms with Crippen molar-refractivity contribution in [1.29, 1.82) is 0 Å². The van der Waals surface area contributed by atoms with Crippen molar-refractivity contribution in [2.45, 2.75) is 33.1 Å². The number of benzene rings is 2. The SMILES string of the molecule is CCOc1cccc(N2C(=O)C(Nc3ccc(C(C)(C)C)cc3)=C(c3cccs3)C2=O)c1. The van der Waals surface area contributed by atoms with E-state index in [2.05, 4.69) is 26.1 Å². The predicted molar refractivity (Wildman–Crippen MR) is 130 cm³/mol. The first-order valence-electron chi connectivity index (χ1n) is 10.6. The maximum Gasteiger partial charge on any atom is 0.282 e. The van der Waals surface area contributed by atoms with E-state index in [1.165, 1.54) is 21.8 Å². The van der Waals surface area contributed by atoms with E-state index in [-0.39, 0.29) is 22.9 Å². The molecule has 0 spiro atoms. The molecule has 0 unspecified atom stereocenters. The van der Waals surface area contributed by atoms with Crippen LogP contribution in [0.1, 0.15) is 38.1 Å². The summed E-state index contributed by atoms with van der Waals surface area (Å²) in [6, 6.07) is 18.7. The first kappa shape index (κ1) is 21.8. The Balaban J connectivity index is 1.72. The monoisotopic (exact) mass is 446 g/mol. The summed E-state index contributed by atoms with van der Waals surface area (Å²) < 4.78 is 5.56. The third-order valence-corrected chi connectivity index (χ3v) is 6.15. The van der Waals surface area contributed by atoms with Gasteiger partial charge in [0, 0.05) is 16.6 Å². The molecule has 164 valence electrons. The van der Waals surface area contributed by atoms with Crippen LogP contribution < -0.4 is 15.0 Å². The number of imide groups is 1. The summed E-state index contributed by atoms with van der Waals surface area (Å²) in [5, 5.41) is 5.12. The van der Waals surface area contributed by atoms with Crippen LogP contribution in [0.15, 0.2) is 71.7 Å². The van der Waals surface area contributed by atoms with Crippen LogP contribution in [0.3, 0.4) is 0 Å². The number of rotatable bonds is 6. The number of amides is 2. The Morgan fingerprint density at radius 3 is 2.34 bits per heavy atom.